The zero-order valence-corrected chi connectivity index (χ0v) is 17.0. The maximum absolute atomic E-state index is 12.5. The molecule has 7 nitrogen and oxygen atoms in total. The minimum absolute atomic E-state index is 0.0124. The van der Waals surface area contributed by atoms with Crippen LogP contribution in [0.3, 0.4) is 0 Å². The van der Waals surface area contributed by atoms with Gasteiger partial charge in [0, 0.05) is 54.0 Å². The molecule has 29 heavy (non-hydrogen) atoms. The molecule has 6 unspecified atom stereocenters. The normalized spacial score (nSPS) is 37.7. The van der Waals surface area contributed by atoms with Gasteiger partial charge in [-0.15, -0.1) is 0 Å². The van der Waals surface area contributed by atoms with Crippen LogP contribution in [0, 0.1) is 17.3 Å². The number of piperidine rings is 2. The van der Waals surface area contributed by atoms with Crippen LogP contribution >= 0.6 is 0 Å². The smallest absolute Gasteiger partial charge is 0.410 e. The molecule has 1 heterocycles. The number of carbonyl (C=O) groups excluding carboxylic acids is 2. The highest BCUT2D eigenvalue weighted by atomic mass is 16.6. The van der Waals surface area contributed by atoms with E-state index in [-0.39, 0.29) is 29.3 Å². The molecule has 1 saturated heterocycles. The highest BCUT2D eigenvalue weighted by Crippen LogP contribution is 2.68. The van der Waals surface area contributed by atoms with Gasteiger partial charge in [0.1, 0.15) is 5.76 Å². The van der Waals surface area contributed by atoms with Crippen LogP contribution in [0.15, 0.2) is 35.6 Å². The van der Waals surface area contributed by atoms with Gasteiger partial charge in [0.2, 0.25) is 5.91 Å². The van der Waals surface area contributed by atoms with Gasteiger partial charge in [0.25, 0.3) is 0 Å². The molecule has 156 valence electrons. The molecule has 7 heteroatoms. The minimum atomic E-state index is -0.154. The summed E-state index contributed by atoms with van der Waals surface area (Å²) in [6.45, 7) is 3.63. The van der Waals surface area contributed by atoms with Gasteiger partial charge in [0.15, 0.2) is 0 Å². The summed E-state index contributed by atoms with van der Waals surface area (Å²) >= 11 is 0. The zero-order chi connectivity index (χ0) is 20.2. The fourth-order valence-corrected chi connectivity index (χ4v) is 6.07. The third-order valence-corrected chi connectivity index (χ3v) is 7.66. The van der Waals surface area contributed by atoms with Crippen molar-refractivity contribution >= 4 is 12.0 Å². The van der Waals surface area contributed by atoms with Crippen LogP contribution in [-0.2, 0) is 14.3 Å². The fraction of sp³-hybridized carbons (Fsp3) is 0.636. The van der Waals surface area contributed by atoms with Crippen LogP contribution in [-0.4, -0.2) is 61.8 Å². The van der Waals surface area contributed by atoms with Crippen molar-refractivity contribution in [2.45, 2.75) is 44.3 Å². The molecule has 2 saturated carbocycles. The Labute approximate surface area is 171 Å². The number of methoxy groups -OCH3 is 1. The molecule has 0 aromatic rings. The predicted octanol–water partition coefficient (Wildman–Crippen LogP) is 1.73. The molecule has 3 fully saturated rings. The highest BCUT2D eigenvalue weighted by molar-refractivity contribution is 5.96. The maximum atomic E-state index is 12.5. The number of allylic oxidation sites excluding steroid dienone is 4. The Bertz CT molecular complexity index is 811. The van der Waals surface area contributed by atoms with E-state index in [2.05, 4.69) is 16.7 Å². The van der Waals surface area contributed by atoms with Crippen molar-refractivity contribution in [3.05, 3.63) is 35.6 Å². The monoisotopic (exact) mass is 399 g/mol. The van der Waals surface area contributed by atoms with Crippen LogP contribution in [0.4, 0.5) is 4.79 Å². The van der Waals surface area contributed by atoms with Crippen LogP contribution in [0.5, 0.6) is 0 Å². The number of hydrogen-bond acceptors (Lipinski definition) is 5. The summed E-state index contributed by atoms with van der Waals surface area (Å²) in [5, 5.41) is 6.65. The Kier molecular flexibility index (Phi) is 4.46. The molecule has 0 radical (unpaired) electrons. The second kappa shape index (κ2) is 6.90. The number of nitrogens with zero attached hydrogens (tertiary/aromatic N) is 1. The van der Waals surface area contributed by atoms with Crippen LogP contribution in [0.2, 0.25) is 0 Å². The molecule has 6 atom stereocenters. The summed E-state index contributed by atoms with van der Waals surface area (Å²) in [5.74, 6) is 1.26. The number of fused-ring (bicyclic) bond motifs is 1. The first-order chi connectivity index (χ1) is 14.1. The molecule has 1 aliphatic heterocycles. The van der Waals surface area contributed by atoms with Gasteiger partial charge in [-0.05, 0) is 32.3 Å². The van der Waals surface area contributed by atoms with Gasteiger partial charge < -0.3 is 25.0 Å². The van der Waals surface area contributed by atoms with Crippen molar-refractivity contribution in [3.63, 3.8) is 0 Å². The average Bonchev–Trinajstić information content (AvgIpc) is 2.65. The predicted molar refractivity (Wildman–Crippen MR) is 107 cm³/mol. The van der Waals surface area contributed by atoms with Crippen molar-refractivity contribution in [1.29, 1.82) is 0 Å². The van der Waals surface area contributed by atoms with E-state index in [1.807, 2.05) is 30.1 Å². The molecular weight excluding hydrogens is 370 g/mol. The summed E-state index contributed by atoms with van der Waals surface area (Å²) in [6.07, 6.45) is 11.1. The lowest BCUT2D eigenvalue weighted by atomic mass is 9.40. The van der Waals surface area contributed by atoms with E-state index in [9.17, 15) is 9.59 Å². The molecule has 5 aliphatic rings. The first-order valence-corrected chi connectivity index (χ1v) is 10.7. The Morgan fingerprint density at radius 1 is 1.28 bits per heavy atom. The number of nitrogens with one attached hydrogen (secondary N) is 2. The summed E-state index contributed by atoms with van der Waals surface area (Å²) in [4.78, 5) is 26.5. The number of likely N-dealkylation sites (tertiary alicyclic amines) is 1. The van der Waals surface area contributed by atoms with Crippen molar-refractivity contribution in [1.82, 2.24) is 15.5 Å². The number of hydrogen-bond donors (Lipinski definition) is 2. The fourth-order valence-electron chi connectivity index (χ4n) is 6.07. The molecular formula is C22H29N3O4. The van der Waals surface area contributed by atoms with E-state index in [1.165, 1.54) is 6.42 Å². The van der Waals surface area contributed by atoms with Crippen LogP contribution in [0.25, 0.3) is 0 Å². The first-order valence-electron chi connectivity index (χ1n) is 10.7. The largest absolute Gasteiger partial charge is 0.500 e. The average molecular weight is 399 g/mol. The minimum Gasteiger partial charge on any atom is -0.500 e. The molecule has 2 amide bonds. The lowest BCUT2D eigenvalue weighted by Gasteiger charge is -2.79. The van der Waals surface area contributed by atoms with E-state index in [4.69, 9.17) is 9.47 Å². The second-order valence-electron chi connectivity index (χ2n) is 8.62. The third-order valence-electron chi connectivity index (χ3n) is 7.66. The molecule has 5 rings (SSSR count). The van der Waals surface area contributed by atoms with E-state index < -0.39 is 0 Å². The molecule has 4 aliphatic carbocycles. The lowest BCUT2D eigenvalue weighted by Crippen LogP contribution is -2.89. The van der Waals surface area contributed by atoms with Crippen molar-refractivity contribution in [2.24, 2.45) is 17.3 Å². The van der Waals surface area contributed by atoms with E-state index in [0.29, 0.717) is 31.3 Å². The standard InChI is InChI=1S/C22H29N3O4/c1-3-29-21(27)25-18-7-8-22(18)17(12-19(22)25)23-9-10-24-20(26)15-11-14-13(15)5-4-6-16(14)28-2/h4-6,11,13-14,17-19,23H,3,7-10,12H2,1-2H3,(H,24,26). The Morgan fingerprint density at radius 3 is 2.83 bits per heavy atom. The summed E-state index contributed by atoms with van der Waals surface area (Å²) in [7, 11) is 1.67. The Hall–Kier alpha value is -2.28. The molecule has 0 aromatic carbocycles. The summed E-state index contributed by atoms with van der Waals surface area (Å²) in [5.41, 5.74) is 1.09. The SMILES string of the molecule is CCOC(=O)N1C2CCC23C(NCCNC(=O)C2=CC4C(OC)=CC=CC24)CC13. The molecule has 1 spiro atoms. The molecule has 0 aromatic heterocycles. The Balaban J connectivity index is 1.06. The van der Waals surface area contributed by atoms with E-state index >= 15 is 0 Å². The topological polar surface area (TPSA) is 79.9 Å². The van der Waals surface area contributed by atoms with Gasteiger partial charge in [-0.1, -0.05) is 18.2 Å². The van der Waals surface area contributed by atoms with Gasteiger partial charge >= 0.3 is 6.09 Å². The number of amides is 2. The quantitative estimate of drug-likeness (QED) is 0.638. The van der Waals surface area contributed by atoms with Gasteiger partial charge in [-0.3, -0.25) is 4.79 Å². The second-order valence-corrected chi connectivity index (χ2v) is 8.62. The summed E-state index contributed by atoms with van der Waals surface area (Å²) < 4.78 is 10.6. The molecule has 0 bridgehead atoms. The highest BCUT2D eigenvalue weighted by Gasteiger charge is 2.76. The third kappa shape index (κ3) is 2.52. The zero-order valence-electron chi connectivity index (χ0n) is 17.0. The van der Waals surface area contributed by atoms with Crippen LogP contribution in [0.1, 0.15) is 26.2 Å². The Morgan fingerprint density at radius 2 is 2.14 bits per heavy atom. The van der Waals surface area contributed by atoms with Crippen LogP contribution < -0.4 is 10.6 Å². The van der Waals surface area contributed by atoms with Gasteiger partial charge in [-0.25, -0.2) is 4.79 Å². The number of carbonyl (C=O) groups is 2. The van der Waals surface area contributed by atoms with E-state index in [1.54, 1.807) is 7.11 Å². The summed E-state index contributed by atoms with van der Waals surface area (Å²) in [6, 6.07) is 1.12. The lowest BCUT2D eigenvalue weighted by molar-refractivity contribution is -0.264. The number of rotatable bonds is 7. The molecule has 2 N–H and O–H groups in total. The van der Waals surface area contributed by atoms with E-state index in [0.717, 1.165) is 30.7 Å². The number of ether oxygens (including phenoxy) is 2. The van der Waals surface area contributed by atoms with Gasteiger partial charge in [-0.2, -0.15) is 0 Å². The van der Waals surface area contributed by atoms with Crippen molar-refractivity contribution < 1.29 is 19.1 Å². The first kappa shape index (κ1) is 18.7. The van der Waals surface area contributed by atoms with Crippen molar-refractivity contribution in [2.75, 3.05) is 26.8 Å². The van der Waals surface area contributed by atoms with Crippen molar-refractivity contribution in [3.8, 4) is 0 Å². The maximum Gasteiger partial charge on any atom is 0.410 e. The van der Waals surface area contributed by atoms with Gasteiger partial charge in [0.05, 0.1) is 13.7 Å².